The molecule has 0 spiro atoms. The van der Waals surface area contributed by atoms with Crippen LogP contribution in [-0.4, -0.2) is 52.9 Å². The van der Waals surface area contributed by atoms with Crippen molar-refractivity contribution in [1.29, 1.82) is 0 Å². The summed E-state index contributed by atoms with van der Waals surface area (Å²) in [6.45, 7) is 1.54. The first kappa shape index (κ1) is 17.9. The fourth-order valence-electron chi connectivity index (χ4n) is 3.83. The minimum atomic E-state index is 0.361. The van der Waals surface area contributed by atoms with E-state index >= 15 is 0 Å². The van der Waals surface area contributed by atoms with Crippen LogP contribution in [0.2, 0.25) is 0 Å². The molecule has 0 bridgehead atoms. The van der Waals surface area contributed by atoms with Crippen molar-refractivity contribution in [1.82, 2.24) is 39.7 Å². The van der Waals surface area contributed by atoms with E-state index in [1.807, 2.05) is 41.2 Å². The Labute approximate surface area is 176 Å². The van der Waals surface area contributed by atoms with Gasteiger partial charge in [-0.2, -0.15) is 14.8 Å². The highest BCUT2D eigenvalue weighted by Gasteiger charge is 2.17. The summed E-state index contributed by atoms with van der Waals surface area (Å²) in [5.74, 6) is 0.460. The van der Waals surface area contributed by atoms with Crippen molar-refractivity contribution in [3.63, 3.8) is 0 Å². The summed E-state index contributed by atoms with van der Waals surface area (Å²) in [6, 6.07) is 10.3. The largest absolute Gasteiger partial charge is 0.381 e. The molecule has 0 aliphatic carbocycles. The number of aromatic nitrogens is 8. The highest BCUT2D eigenvalue weighted by molar-refractivity contribution is 5.81. The monoisotopic (exact) mass is 413 g/mol. The molecule has 10 nitrogen and oxygen atoms in total. The van der Waals surface area contributed by atoms with E-state index in [1.165, 1.54) is 0 Å². The first-order chi connectivity index (χ1) is 15.3. The number of fused-ring (bicyclic) bond motifs is 2. The van der Waals surface area contributed by atoms with Gasteiger partial charge in [0.15, 0.2) is 11.2 Å². The Balaban J connectivity index is 1.31. The summed E-state index contributed by atoms with van der Waals surface area (Å²) in [6.07, 6.45) is 9.14. The molecule has 31 heavy (non-hydrogen) atoms. The van der Waals surface area contributed by atoms with Gasteiger partial charge in [-0.25, -0.2) is 4.98 Å². The van der Waals surface area contributed by atoms with Gasteiger partial charge in [-0.15, -0.1) is 5.10 Å². The number of nitrogens with zero attached hydrogens (tertiary/aromatic N) is 8. The number of pyridine rings is 1. The van der Waals surface area contributed by atoms with Gasteiger partial charge in [0, 0.05) is 31.0 Å². The number of rotatable bonds is 4. The van der Waals surface area contributed by atoms with E-state index in [1.54, 1.807) is 23.3 Å². The lowest BCUT2D eigenvalue weighted by atomic mass is 10.1. The summed E-state index contributed by atoms with van der Waals surface area (Å²) < 4.78 is 9.11. The van der Waals surface area contributed by atoms with Crippen molar-refractivity contribution < 1.29 is 4.74 Å². The van der Waals surface area contributed by atoms with Gasteiger partial charge in [0.2, 0.25) is 5.95 Å². The Morgan fingerprint density at radius 2 is 1.97 bits per heavy atom. The number of ether oxygens (including phenoxy) is 1. The molecule has 5 aromatic rings. The number of hydrogen-bond donors (Lipinski definition) is 1. The Bertz CT molecular complexity index is 1370. The second-order valence-electron chi connectivity index (χ2n) is 7.46. The van der Waals surface area contributed by atoms with Gasteiger partial charge in [-0.05, 0) is 31.0 Å². The maximum Gasteiger partial charge on any atom is 0.229 e. The third kappa shape index (κ3) is 3.36. The molecule has 0 amide bonds. The zero-order chi connectivity index (χ0) is 20.6. The van der Waals surface area contributed by atoms with Gasteiger partial charge in [0.1, 0.15) is 0 Å². The van der Waals surface area contributed by atoms with Crippen LogP contribution in [0.4, 0.5) is 11.6 Å². The lowest BCUT2D eigenvalue weighted by Crippen LogP contribution is -2.19. The van der Waals surface area contributed by atoms with Crippen LogP contribution in [0.3, 0.4) is 0 Å². The van der Waals surface area contributed by atoms with Gasteiger partial charge >= 0.3 is 0 Å². The highest BCUT2D eigenvalue weighted by atomic mass is 16.5. The lowest BCUT2D eigenvalue weighted by Gasteiger charge is -2.22. The van der Waals surface area contributed by atoms with E-state index < -0.39 is 0 Å². The van der Waals surface area contributed by atoms with Gasteiger partial charge < -0.3 is 10.1 Å². The Morgan fingerprint density at radius 1 is 1.03 bits per heavy atom. The van der Waals surface area contributed by atoms with E-state index in [0.717, 1.165) is 48.3 Å². The van der Waals surface area contributed by atoms with E-state index in [-0.39, 0.29) is 0 Å². The van der Waals surface area contributed by atoms with Crippen LogP contribution >= 0.6 is 0 Å². The number of benzene rings is 1. The average molecular weight is 413 g/mol. The Hall–Kier alpha value is -3.92. The first-order valence-corrected chi connectivity index (χ1v) is 10.2. The molecule has 0 atom stereocenters. The predicted molar refractivity (Wildman–Crippen MR) is 114 cm³/mol. The molecule has 1 N–H and O–H groups in total. The van der Waals surface area contributed by atoms with Crippen molar-refractivity contribution in [2.45, 2.75) is 18.9 Å². The third-order valence-corrected chi connectivity index (χ3v) is 5.45. The summed E-state index contributed by atoms with van der Waals surface area (Å²) in [4.78, 5) is 13.4. The van der Waals surface area contributed by atoms with Crippen molar-refractivity contribution >= 4 is 33.7 Å². The smallest absolute Gasteiger partial charge is 0.229 e. The van der Waals surface area contributed by atoms with Crippen LogP contribution in [0, 0.1) is 0 Å². The maximum atomic E-state index is 5.43. The fourth-order valence-corrected chi connectivity index (χ4v) is 3.83. The minimum Gasteiger partial charge on any atom is -0.381 e. The van der Waals surface area contributed by atoms with Gasteiger partial charge in [0.25, 0.3) is 0 Å². The standard InChI is InChI=1S/C21H19N9O/c1-2-14-3-4-17(10-18(14)22-7-1)30-20-19(27-28-30)12-23-21(26-20)25-15-11-24-29(13-15)16-5-8-31-9-6-16/h1-4,7,10-13,16H,5-6,8-9H2,(H,23,25,26). The summed E-state index contributed by atoms with van der Waals surface area (Å²) in [7, 11) is 0. The lowest BCUT2D eigenvalue weighted by molar-refractivity contribution is 0.0662. The molecule has 6 rings (SSSR count). The van der Waals surface area contributed by atoms with Crippen LogP contribution in [0.5, 0.6) is 0 Å². The molecule has 1 fully saturated rings. The molecule has 0 radical (unpaired) electrons. The molecule has 0 saturated carbocycles. The molecule has 1 aromatic carbocycles. The minimum absolute atomic E-state index is 0.361. The summed E-state index contributed by atoms with van der Waals surface area (Å²) in [5, 5.41) is 17.3. The molecule has 5 heterocycles. The Kier molecular flexibility index (Phi) is 4.27. The van der Waals surface area contributed by atoms with E-state index in [2.05, 4.69) is 35.7 Å². The van der Waals surface area contributed by atoms with E-state index in [0.29, 0.717) is 23.2 Å². The average Bonchev–Trinajstić information content (AvgIpc) is 3.46. The van der Waals surface area contributed by atoms with E-state index in [9.17, 15) is 0 Å². The number of nitrogens with one attached hydrogen (secondary N) is 1. The summed E-state index contributed by atoms with van der Waals surface area (Å²) in [5.41, 5.74) is 3.79. The topological polar surface area (TPSA) is 108 Å². The van der Waals surface area contributed by atoms with Crippen LogP contribution in [-0.2, 0) is 4.74 Å². The molecule has 10 heteroatoms. The second-order valence-corrected chi connectivity index (χ2v) is 7.46. The molecule has 1 aliphatic rings. The van der Waals surface area contributed by atoms with Crippen LogP contribution in [0.1, 0.15) is 18.9 Å². The molecular formula is C21H19N9O. The molecular weight excluding hydrogens is 394 g/mol. The quantitative estimate of drug-likeness (QED) is 0.479. The summed E-state index contributed by atoms with van der Waals surface area (Å²) >= 11 is 0. The normalized spacial score (nSPS) is 15.0. The van der Waals surface area contributed by atoms with E-state index in [4.69, 9.17) is 4.74 Å². The fraction of sp³-hybridized carbons (Fsp3) is 0.238. The van der Waals surface area contributed by atoms with Crippen LogP contribution in [0.15, 0.2) is 55.1 Å². The van der Waals surface area contributed by atoms with Gasteiger partial charge in [-0.3, -0.25) is 9.67 Å². The van der Waals surface area contributed by atoms with Crippen molar-refractivity contribution in [2.24, 2.45) is 0 Å². The Morgan fingerprint density at radius 3 is 2.90 bits per heavy atom. The highest BCUT2D eigenvalue weighted by Crippen LogP contribution is 2.23. The van der Waals surface area contributed by atoms with Crippen LogP contribution in [0.25, 0.3) is 27.8 Å². The number of anilines is 2. The molecule has 4 aromatic heterocycles. The predicted octanol–water partition coefficient (Wildman–Crippen LogP) is 3.05. The van der Waals surface area contributed by atoms with Crippen molar-refractivity contribution in [3.8, 4) is 5.69 Å². The molecule has 154 valence electrons. The van der Waals surface area contributed by atoms with Gasteiger partial charge in [-0.1, -0.05) is 17.3 Å². The maximum absolute atomic E-state index is 5.43. The zero-order valence-electron chi connectivity index (χ0n) is 16.6. The zero-order valence-corrected chi connectivity index (χ0v) is 16.6. The van der Waals surface area contributed by atoms with Crippen molar-refractivity contribution in [2.75, 3.05) is 18.5 Å². The van der Waals surface area contributed by atoms with Gasteiger partial charge in [0.05, 0.1) is 35.3 Å². The van der Waals surface area contributed by atoms with Crippen LogP contribution < -0.4 is 5.32 Å². The molecule has 1 saturated heterocycles. The number of hydrogen-bond acceptors (Lipinski definition) is 8. The molecule has 1 aliphatic heterocycles. The third-order valence-electron chi connectivity index (χ3n) is 5.45. The molecule has 0 unspecified atom stereocenters. The first-order valence-electron chi connectivity index (χ1n) is 10.2. The van der Waals surface area contributed by atoms with Crippen molar-refractivity contribution in [3.05, 3.63) is 55.1 Å². The second kappa shape index (κ2) is 7.40. The SMILES string of the molecule is c1cnc2cc(-n3nnc4cnc(Nc5cnn(C6CCOCC6)c5)nc43)ccc2c1.